The van der Waals surface area contributed by atoms with E-state index >= 15 is 0 Å². The van der Waals surface area contributed by atoms with Crippen molar-refractivity contribution in [1.29, 1.82) is 0 Å². The SMILES string of the molecule is CC(C)(C)c1nc(C(F)(F)F)cn1C1CNC1. The Morgan fingerprint density at radius 3 is 2.24 bits per heavy atom. The summed E-state index contributed by atoms with van der Waals surface area (Å²) in [7, 11) is 0. The summed E-state index contributed by atoms with van der Waals surface area (Å²) in [5.74, 6) is 0.497. The molecule has 0 unspecified atom stereocenters. The number of aromatic nitrogens is 2. The van der Waals surface area contributed by atoms with Crippen LogP contribution < -0.4 is 5.32 Å². The monoisotopic (exact) mass is 247 g/mol. The van der Waals surface area contributed by atoms with Gasteiger partial charge in [-0.25, -0.2) is 4.98 Å². The van der Waals surface area contributed by atoms with Gasteiger partial charge < -0.3 is 9.88 Å². The van der Waals surface area contributed by atoms with Gasteiger partial charge in [0.1, 0.15) is 5.82 Å². The summed E-state index contributed by atoms with van der Waals surface area (Å²) in [6, 6.07) is 0.0906. The highest BCUT2D eigenvalue weighted by Gasteiger charge is 2.38. The van der Waals surface area contributed by atoms with E-state index in [0.717, 1.165) is 6.20 Å². The predicted molar refractivity (Wildman–Crippen MR) is 57.8 cm³/mol. The Hall–Kier alpha value is -1.04. The molecule has 0 spiro atoms. The van der Waals surface area contributed by atoms with E-state index in [1.165, 1.54) is 0 Å². The molecule has 0 amide bonds. The van der Waals surface area contributed by atoms with Crippen molar-refractivity contribution >= 4 is 0 Å². The average molecular weight is 247 g/mol. The minimum atomic E-state index is -4.37. The molecule has 2 heterocycles. The van der Waals surface area contributed by atoms with Crippen LogP contribution in [0.25, 0.3) is 0 Å². The average Bonchev–Trinajstić information content (AvgIpc) is 2.42. The Balaban J connectivity index is 2.44. The van der Waals surface area contributed by atoms with Crippen molar-refractivity contribution in [3.8, 4) is 0 Å². The maximum Gasteiger partial charge on any atom is 0.434 e. The number of alkyl halides is 3. The molecular weight excluding hydrogens is 231 g/mol. The second-order valence-corrected chi connectivity index (χ2v) is 5.42. The lowest BCUT2D eigenvalue weighted by molar-refractivity contribution is -0.141. The van der Waals surface area contributed by atoms with Crippen LogP contribution in [0.1, 0.15) is 38.3 Å². The van der Waals surface area contributed by atoms with Crippen LogP contribution in [0.15, 0.2) is 6.20 Å². The standard InChI is InChI=1S/C11H16F3N3/c1-10(2,3)9-16-8(11(12,13)14)6-17(9)7-4-15-5-7/h6-7,15H,4-5H2,1-3H3. The van der Waals surface area contributed by atoms with Crippen molar-refractivity contribution in [3.63, 3.8) is 0 Å². The third-order valence-corrected chi connectivity index (χ3v) is 2.85. The molecule has 17 heavy (non-hydrogen) atoms. The zero-order chi connectivity index (χ0) is 12.8. The molecule has 0 atom stereocenters. The highest BCUT2D eigenvalue weighted by atomic mass is 19.4. The summed E-state index contributed by atoms with van der Waals surface area (Å²) < 4.78 is 39.7. The normalized spacial score (nSPS) is 18.2. The van der Waals surface area contributed by atoms with E-state index in [2.05, 4.69) is 10.3 Å². The molecule has 3 nitrogen and oxygen atoms in total. The first-order chi connectivity index (χ1) is 7.69. The van der Waals surface area contributed by atoms with Gasteiger partial charge in [0.05, 0.1) is 6.04 Å². The maximum absolute atomic E-state index is 12.7. The maximum atomic E-state index is 12.7. The quantitative estimate of drug-likeness (QED) is 0.825. The third kappa shape index (κ3) is 2.31. The fourth-order valence-electron chi connectivity index (χ4n) is 1.83. The van der Waals surface area contributed by atoms with Gasteiger partial charge in [0.15, 0.2) is 5.69 Å². The van der Waals surface area contributed by atoms with Crippen LogP contribution >= 0.6 is 0 Å². The van der Waals surface area contributed by atoms with Crippen molar-refractivity contribution in [2.24, 2.45) is 0 Å². The molecule has 0 radical (unpaired) electrons. The second kappa shape index (κ2) is 3.73. The fourth-order valence-corrected chi connectivity index (χ4v) is 1.83. The van der Waals surface area contributed by atoms with Crippen molar-refractivity contribution in [3.05, 3.63) is 17.7 Å². The molecule has 0 bridgehead atoms. The van der Waals surface area contributed by atoms with Crippen molar-refractivity contribution in [1.82, 2.24) is 14.9 Å². The molecule has 1 saturated heterocycles. The summed E-state index contributed by atoms with van der Waals surface area (Å²) in [6.45, 7) is 7.03. The number of hydrogen-bond donors (Lipinski definition) is 1. The highest BCUT2D eigenvalue weighted by Crippen LogP contribution is 2.33. The van der Waals surface area contributed by atoms with Crippen molar-refractivity contribution < 1.29 is 13.2 Å². The Morgan fingerprint density at radius 1 is 1.29 bits per heavy atom. The van der Waals surface area contributed by atoms with E-state index < -0.39 is 11.9 Å². The number of halogens is 3. The van der Waals surface area contributed by atoms with Gasteiger partial charge in [0.25, 0.3) is 0 Å². The first-order valence-corrected chi connectivity index (χ1v) is 5.57. The molecule has 1 fully saturated rings. The number of imidazole rings is 1. The van der Waals surface area contributed by atoms with E-state index in [1.54, 1.807) is 4.57 Å². The van der Waals surface area contributed by atoms with Crippen LogP contribution in [-0.2, 0) is 11.6 Å². The van der Waals surface area contributed by atoms with Gasteiger partial charge in [-0.1, -0.05) is 20.8 Å². The van der Waals surface area contributed by atoms with Gasteiger partial charge in [0.2, 0.25) is 0 Å². The minimum Gasteiger partial charge on any atom is -0.328 e. The molecular formula is C11H16F3N3. The first-order valence-electron chi connectivity index (χ1n) is 5.57. The molecule has 1 aliphatic rings. The molecule has 2 rings (SSSR count). The summed E-state index contributed by atoms with van der Waals surface area (Å²) in [5, 5.41) is 3.06. The summed E-state index contributed by atoms with van der Waals surface area (Å²) in [4.78, 5) is 3.77. The highest BCUT2D eigenvalue weighted by molar-refractivity contribution is 5.16. The topological polar surface area (TPSA) is 29.9 Å². The molecule has 6 heteroatoms. The van der Waals surface area contributed by atoms with Gasteiger partial charge >= 0.3 is 6.18 Å². The number of nitrogens with one attached hydrogen (secondary N) is 1. The lowest BCUT2D eigenvalue weighted by Crippen LogP contribution is -2.44. The number of rotatable bonds is 1. The molecule has 1 aromatic rings. The second-order valence-electron chi connectivity index (χ2n) is 5.42. The lowest BCUT2D eigenvalue weighted by Gasteiger charge is -2.32. The van der Waals surface area contributed by atoms with Crippen LogP contribution in [-0.4, -0.2) is 22.6 Å². The van der Waals surface area contributed by atoms with Gasteiger partial charge in [-0.2, -0.15) is 13.2 Å². The van der Waals surface area contributed by atoms with E-state index in [0.29, 0.717) is 18.9 Å². The number of nitrogens with zero attached hydrogens (tertiary/aromatic N) is 2. The summed E-state index contributed by atoms with van der Waals surface area (Å²) in [6.07, 6.45) is -3.24. The Kier molecular flexibility index (Phi) is 2.72. The smallest absolute Gasteiger partial charge is 0.328 e. The third-order valence-electron chi connectivity index (χ3n) is 2.85. The zero-order valence-electron chi connectivity index (χ0n) is 10.1. The molecule has 1 N–H and O–H groups in total. The van der Waals surface area contributed by atoms with E-state index in [1.807, 2.05) is 20.8 Å². The Bertz CT molecular complexity index is 411. The van der Waals surface area contributed by atoms with Gasteiger partial charge in [-0.15, -0.1) is 0 Å². The zero-order valence-corrected chi connectivity index (χ0v) is 10.1. The number of hydrogen-bond acceptors (Lipinski definition) is 2. The Morgan fingerprint density at radius 2 is 1.88 bits per heavy atom. The Labute approximate surface area is 98.0 Å². The van der Waals surface area contributed by atoms with Gasteiger partial charge in [0, 0.05) is 24.7 Å². The summed E-state index contributed by atoms with van der Waals surface area (Å²) in [5.41, 5.74) is -1.19. The van der Waals surface area contributed by atoms with Crippen LogP contribution in [0.4, 0.5) is 13.2 Å². The van der Waals surface area contributed by atoms with E-state index in [4.69, 9.17) is 0 Å². The van der Waals surface area contributed by atoms with Crippen molar-refractivity contribution in [2.75, 3.05) is 13.1 Å². The fraction of sp³-hybridized carbons (Fsp3) is 0.727. The predicted octanol–water partition coefficient (Wildman–Crippen LogP) is 2.34. The van der Waals surface area contributed by atoms with Crippen LogP contribution in [0.3, 0.4) is 0 Å². The first kappa shape index (κ1) is 12.4. The van der Waals surface area contributed by atoms with Crippen molar-refractivity contribution in [2.45, 2.75) is 38.4 Å². The molecule has 0 aromatic carbocycles. The molecule has 1 aromatic heterocycles. The van der Waals surface area contributed by atoms with Gasteiger partial charge in [-0.05, 0) is 0 Å². The molecule has 96 valence electrons. The molecule has 0 aliphatic carbocycles. The lowest BCUT2D eigenvalue weighted by atomic mass is 9.95. The van der Waals surface area contributed by atoms with Crippen LogP contribution in [0.2, 0.25) is 0 Å². The van der Waals surface area contributed by atoms with Crippen LogP contribution in [0, 0.1) is 0 Å². The van der Waals surface area contributed by atoms with E-state index in [-0.39, 0.29) is 11.5 Å². The molecule has 0 saturated carbocycles. The van der Waals surface area contributed by atoms with E-state index in [9.17, 15) is 13.2 Å². The largest absolute Gasteiger partial charge is 0.434 e. The minimum absolute atomic E-state index is 0.0906. The van der Waals surface area contributed by atoms with Gasteiger partial charge in [-0.3, -0.25) is 0 Å². The van der Waals surface area contributed by atoms with Crippen LogP contribution in [0.5, 0.6) is 0 Å². The molecule has 1 aliphatic heterocycles. The summed E-state index contributed by atoms with van der Waals surface area (Å²) >= 11 is 0.